The topological polar surface area (TPSA) is 34.7 Å². The molecule has 1 aromatic carbocycles. The first kappa shape index (κ1) is 13.6. The van der Waals surface area contributed by atoms with Crippen molar-refractivity contribution in [1.82, 2.24) is 0 Å². The first-order chi connectivity index (χ1) is 9.06. The summed E-state index contributed by atoms with van der Waals surface area (Å²) in [7, 11) is -0.807. The van der Waals surface area contributed by atoms with Crippen LogP contribution in [0.4, 0.5) is 5.69 Å². The van der Waals surface area contributed by atoms with Gasteiger partial charge < -0.3 is 8.84 Å². The molecule has 1 radical (unpaired) electrons. The monoisotopic (exact) mass is 272 g/mol. The van der Waals surface area contributed by atoms with Gasteiger partial charge in [0.25, 0.3) is 9.04 Å². The Balaban J connectivity index is 2.36. The van der Waals surface area contributed by atoms with E-state index in [0.717, 1.165) is 22.9 Å². The van der Waals surface area contributed by atoms with Crippen molar-refractivity contribution in [2.75, 3.05) is 0 Å². The zero-order valence-corrected chi connectivity index (χ0v) is 12.7. The van der Waals surface area contributed by atoms with Gasteiger partial charge in [-0.2, -0.15) is 0 Å². The molecule has 0 aliphatic carbocycles. The molecule has 0 amide bonds. The number of nitrogens with zero attached hydrogens (tertiary/aromatic N) is 1. The highest BCUT2D eigenvalue weighted by Gasteiger charge is 2.08. The van der Waals surface area contributed by atoms with Gasteiger partial charge in [0.1, 0.15) is 17.2 Å². The predicted octanol–water partition coefficient (Wildman–Crippen LogP) is 4.36. The second-order valence-corrected chi connectivity index (χ2v) is 6.68. The summed E-state index contributed by atoms with van der Waals surface area (Å²) in [5, 5.41) is 0. The van der Waals surface area contributed by atoms with Crippen molar-refractivity contribution in [3.63, 3.8) is 0 Å². The second-order valence-electron chi connectivity index (χ2n) is 4.66. The van der Waals surface area contributed by atoms with Crippen LogP contribution >= 0.6 is 0 Å². The number of benzene rings is 1. The van der Waals surface area contributed by atoms with E-state index in [1.165, 1.54) is 5.56 Å². The SMILES string of the molecule is CC(=Nc1ccc(C)cc1O[Si](C)C)c1ccco1. The normalized spacial score (nSPS) is 11.9. The minimum absolute atomic E-state index is 0.782. The maximum absolute atomic E-state index is 5.91. The lowest BCUT2D eigenvalue weighted by Gasteiger charge is -2.12. The number of hydrogen-bond acceptors (Lipinski definition) is 3. The van der Waals surface area contributed by atoms with E-state index in [4.69, 9.17) is 8.84 Å². The average molecular weight is 272 g/mol. The zero-order valence-electron chi connectivity index (χ0n) is 11.7. The molecule has 0 saturated carbocycles. The van der Waals surface area contributed by atoms with Crippen LogP contribution in [0.3, 0.4) is 0 Å². The highest BCUT2D eigenvalue weighted by atomic mass is 28.3. The number of aryl methyl sites for hydroxylation is 1. The summed E-state index contributed by atoms with van der Waals surface area (Å²) in [5.41, 5.74) is 2.87. The minimum Gasteiger partial charge on any atom is -0.541 e. The second kappa shape index (κ2) is 5.89. The third-order valence-electron chi connectivity index (χ3n) is 2.60. The minimum atomic E-state index is -0.807. The van der Waals surface area contributed by atoms with Gasteiger partial charge in [0.05, 0.1) is 12.0 Å². The Kier molecular flexibility index (Phi) is 4.22. The van der Waals surface area contributed by atoms with Crippen LogP contribution in [-0.4, -0.2) is 14.8 Å². The molecule has 0 N–H and O–H groups in total. The zero-order chi connectivity index (χ0) is 13.8. The van der Waals surface area contributed by atoms with Crippen molar-refractivity contribution in [3.05, 3.63) is 47.9 Å². The lowest BCUT2D eigenvalue weighted by atomic mass is 10.2. The van der Waals surface area contributed by atoms with Gasteiger partial charge >= 0.3 is 0 Å². The lowest BCUT2D eigenvalue weighted by molar-refractivity contribution is 0.557. The molecule has 0 saturated heterocycles. The summed E-state index contributed by atoms with van der Waals surface area (Å²) < 4.78 is 11.3. The first-order valence-corrected chi connectivity index (χ1v) is 8.65. The van der Waals surface area contributed by atoms with Gasteiger partial charge in [0, 0.05) is 0 Å². The van der Waals surface area contributed by atoms with Crippen LogP contribution in [-0.2, 0) is 0 Å². The molecule has 4 heteroatoms. The quantitative estimate of drug-likeness (QED) is 0.612. The number of rotatable bonds is 4. The van der Waals surface area contributed by atoms with Crippen LogP contribution in [0.5, 0.6) is 5.75 Å². The molecule has 2 aromatic rings. The van der Waals surface area contributed by atoms with Crippen LogP contribution in [0.2, 0.25) is 13.1 Å². The van der Waals surface area contributed by atoms with E-state index in [9.17, 15) is 0 Å². The largest absolute Gasteiger partial charge is 0.541 e. The van der Waals surface area contributed by atoms with Gasteiger partial charge in [0.2, 0.25) is 0 Å². The summed E-state index contributed by atoms with van der Waals surface area (Å²) in [6.07, 6.45) is 1.65. The van der Waals surface area contributed by atoms with E-state index < -0.39 is 9.04 Å². The van der Waals surface area contributed by atoms with Crippen molar-refractivity contribution >= 4 is 20.4 Å². The van der Waals surface area contributed by atoms with Crippen LogP contribution in [0, 0.1) is 6.92 Å². The number of hydrogen-bond donors (Lipinski definition) is 0. The van der Waals surface area contributed by atoms with Crippen molar-refractivity contribution in [1.29, 1.82) is 0 Å². The van der Waals surface area contributed by atoms with Crippen LogP contribution in [0.1, 0.15) is 18.2 Å². The molecule has 3 nitrogen and oxygen atoms in total. The third-order valence-corrected chi connectivity index (χ3v) is 3.22. The molecular weight excluding hydrogens is 254 g/mol. The maximum atomic E-state index is 5.91. The summed E-state index contributed by atoms with van der Waals surface area (Å²) in [6.45, 7) is 8.21. The molecule has 0 atom stereocenters. The molecule has 0 fully saturated rings. The van der Waals surface area contributed by atoms with Gasteiger partial charge in [-0.1, -0.05) is 6.07 Å². The average Bonchev–Trinajstić information content (AvgIpc) is 2.85. The van der Waals surface area contributed by atoms with Crippen LogP contribution in [0.25, 0.3) is 0 Å². The van der Waals surface area contributed by atoms with E-state index in [1.807, 2.05) is 37.3 Å². The summed E-state index contributed by atoms with van der Waals surface area (Å²) in [4.78, 5) is 4.61. The van der Waals surface area contributed by atoms with E-state index in [-0.39, 0.29) is 0 Å². The highest BCUT2D eigenvalue weighted by Crippen LogP contribution is 2.29. The standard InChI is InChI=1S/C15H18NO2Si/c1-11-7-8-13(15(10-11)18-19(3)4)16-12(2)14-6-5-9-17-14/h5-10H,1-4H3. The van der Waals surface area contributed by atoms with E-state index in [0.29, 0.717) is 0 Å². The van der Waals surface area contributed by atoms with E-state index >= 15 is 0 Å². The molecular formula is C15H18NO2Si. The fourth-order valence-electron chi connectivity index (χ4n) is 1.74. The predicted molar refractivity (Wildman–Crippen MR) is 79.9 cm³/mol. The summed E-state index contributed by atoms with van der Waals surface area (Å²) in [6, 6.07) is 9.83. The molecule has 0 spiro atoms. The third kappa shape index (κ3) is 3.58. The Morgan fingerprint density at radius 2 is 2.05 bits per heavy atom. The van der Waals surface area contributed by atoms with E-state index in [2.05, 4.69) is 25.0 Å². The van der Waals surface area contributed by atoms with E-state index in [1.54, 1.807) is 6.26 Å². The Labute approximate surface area is 115 Å². The van der Waals surface area contributed by atoms with Crippen LogP contribution < -0.4 is 4.43 Å². The Morgan fingerprint density at radius 1 is 1.26 bits per heavy atom. The van der Waals surface area contributed by atoms with Crippen molar-refractivity contribution in [2.45, 2.75) is 26.9 Å². The van der Waals surface area contributed by atoms with Gasteiger partial charge in [-0.3, -0.25) is 0 Å². The molecule has 0 aliphatic heterocycles. The highest BCUT2D eigenvalue weighted by molar-refractivity contribution is 6.49. The smallest absolute Gasteiger partial charge is 0.274 e. The Hall–Kier alpha value is -1.81. The molecule has 19 heavy (non-hydrogen) atoms. The molecule has 0 aliphatic rings. The molecule has 1 aromatic heterocycles. The number of furan rings is 1. The van der Waals surface area contributed by atoms with Gasteiger partial charge in [0.15, 0.2) is 0 Å². The molecule has 0 unspecified atom stereocenters. The lowest BCUT2D eigenvalue weighted by Crippen LogP contribution is -2.11. The molecule has 2 rings (SSSR count). The van der Waals surface area contributed by atoms with Crippen molar-refractivity contribution in [3.8, 4) is 5.75 Å². The fraction of sp³-hybridized carbons (Fsp3) is 0.267. The van der Waals surface area contributed by atoms with Gasteiger partial charge in [-0.05, 0) is 56.8 Å². The summed E-state index contributed by atoms with van der Waals surface area (Å²) in [5.74, 6) is 1.63. The number of aliphatic imine (C=N–C) groups is 1. The molecule has 99 valence electrons. The van der Waals surface area contributed by atoms with Gasteiger partial charge in [-0.25, -0.2) is 4.99 Å². The Bertz CT molecular complexity index is 574. The summed E-state index contributed by atoms with van der Waals surface area (Å²) >= 11 is 0. The maximum Gasteiger partial charge on any atom is 0.274 e. The van der Waals surface area contributed by atoms with Crippen molar-refractivity contribution < 1.29 is 8.84 Å². The van der Waals surface area contributed by atoms with Crippen molar-refractivity contribution in [2.24, 2.45) is 4.99 Å². The Morgan fingerprint density at radius 3 is 2.68 bits per heavy atom. The van der Waals surface area contributed by atoms with Crippen LogP contribution in [0.15, 0.2) is 46.0 Å². The molecule has 0 bridgehead atoms. The van der Waals surface area contributed by atoms with Gasteiger partial charge in [-0.15, -0.1) is 0 Å². The molecule has 1 heterocycles. The first-order valence-electron chi connectivity index (χ1n) is 6.24. The fourth-order valence-corrected chi connectivity index (χ4v) is 2.34.